The zero-order chi connectivity index (χ0) is 26.5. The van der Waals surface area contributed by atoms with Gasteiger partial charge in [-0.1, -0.05) is 31.4 Å². The van der Waals surface area contributed by atoms with E-state index < -0.39 is 17.9 Å². The zero-order valence-electron chi connectivity index (χ0n) is 20.9. The predicted molar refractivity (Wildman–Crippen MR) is 139 cm³/mol. The average Bonchev–Trinajstić information content (AvgIpc) is 3.49. The monoisotopic (exact) mass is 525 g/mol. The lowest BCUT2D eigenvalue weighted by atomic mass is 9.95. The molecule has 11 heteroatoms. The Hall–Kier alpha value is -3.86. The van der Waals surface area contributed by atoms with Crippen LogP contribution in [0.4, 0.5) is 5.69 Å². The van der Waals surface area contributed by atoms with E-state index in [4.69, 9.17) is 20.6 Å². The molecule has 1 aliphatic rings. The van der Waals surface area contributed by atoms with Gasteiger partial charge in [-0.25, -0.2) is 0 Å². The second kappa shape index (κ2) is 11.5. The molecule has 0 radical (unpaired) electrons. The quantitative estimate of drug-likeness (QED) is 0.386. The number of nitrogens with one attached hydrogen (secondary N) is 1. The molecule has 0 spiro atoms. The molecule has 1 saturated carbocycles. The highest BCUT2D eigenvalue weighted by Crippen LogP contribution is 2.32. The van der Waals surface area contributed by atoms with Crippen LogP contribution < -0.4 is 21.5 Å². The van der Waals surface area contributed by atoms with Gasteiger partial charge in [0.1, 0.15) is 22.1 Å². The number of ether oxygens (including phenoxy) is 1. The molecule has 1 aliphatic carbocycles. The van der Waals surface area contributed by atoms with E-state index in [9.17, 15) is 14.4 Å². The second-order valence-corrected chi connectivity index (χ2v) is 9.89. The third-order valence-corrected chi connectivity index (χ3v) is 7.32. The van der Waals surface area contributed by atoms with E-state index in [0.717, 1.165) is 49.2 Å². The van der Waals surface area contributed by atoms with Gasteiger partial charge in [-0.15, -0.1) is 0 Å². The smallest absolute Gasteiger partial charge is 0.270 e. The number of hydrogen-bond donors (Lipinski definition) is 3. The third-order valence-electron chi connectivity index (χ3n) is 6.47. The summed E-state index contributed by atoms with van der Waals surface area (Å²) in [6.07, 6.45) is 4.98. The summed E-state index contributed by atoms with van der Waals surface area (Å²) in [5.41, 5.74) is 11.9. The molecule has 0 bridgehead atoms. The number of primary amides is 1. The summed E-state index contributed by atoms with van der Waals surface area (Å²) in [6.45, 7) is 1.84. The fourth-order valence-corrected chi connectivity index (χ4v) is 5.28. The molecule has 3 aromatic rings. The van der Waals surface area contributed by atoms with Crippen LogP contribution in [-0.4, -0.2) is 40.1 Å². The normalized spacial score (nSPS) is 14.6. The Morgan fingerprint density at radius 3 is 2.43 bits per heavy atom. The molecule has 1 aromatic carbocycles. The van der Waals surface area contributed by atoms with E-state index in [0.29, 0.717) is 17.3 Å². The van der Waals surface area contributed by atoms with Crippen LogP contribution >= 0.6 is 11.5 Å². The number of carbonyl (C=O) groups excluding carboxylic acids is 3. The fourth-order valence-electron chi connectivity index (χ4n) is 4.52. The second-order valence-electron chi connectivity index (χ2n) is 9.11. The van der Waals surface area contributed by atoms with Crippen LogP contribution in [0.1, 0.15) is 75.4 Å². The predicted octanol–water partition coefficient (Wildman–Crippen LogP) is 3.57. The number of anilines is 1. The van der Waals surface area contributed by atoms with E-state index >= 15 is 0 Å². The molecule has 3 amide bonds. The molecule has 196 valence electrons. The highest BCUT2D eigenvalue weighted by atomic mass is 32.1. The zero-order valence-corrected chi connectivity index (χ0v) is 21.7. The van der Waals surface area contributed by atoms with Crippen LogP contribution in [-0.2, 0) is 11.3 Å². The van der Waals surface area contributed by atoms with Crippen molar-refractivity contribution in [3.63, 3.8) is 0 Å². The minimum atomic E-state index is -1.08. The number of nitrogens with zero attached hydrogens (tertiary/aromatic N) is 2. The fraction of sp³-hybridized carbons (Fsp3) is 0.385. The van der Waals surface area contributed by atoms with Crippen molar-refractivity contribution >= 4 is 34.9 Å². The Kier molecular flexibility index (Phi) is 8.12. The largest absolute Gasteiger partial charge is 0.497 e. The van der Waals surface area contributed by atoms with Crippen molar-refractivity contribution in [3.8, 4) is 5.75 Å². The summed E-state index contributed by atoms with van der Waals surface area (Å²) in [6, 6.07) is 9.56. The van der Waals surface area contributed by atoms with Gasteiger partial charge in [0.05, 0.1) is 12.8 Å². The summed E-state index contributed by atoms with van der Waals surface area (Å²) < 4.78 is 15.1. The number of nitrogen functional groups attached to an aromatic ring is 1. The maximum absolute atomic E-state index is 14.0. The van der Waals surface area contributed by atoms with Gasteiger partial charge in [-0.3, -0.25) is 14.4 Å². The topological polar surface area (TPSA) is 154 Å². The van der Waals surface area contributed by atoms with Crippen LogP contribution in [0.15, 0.2) is 40.8 Å². The Balaban J connectivity index is 1.75. The minimum absolute atomic E-state index is 0.0210. The number of nitrogens with two attached hydrogens (primary N) is 2. The molecule has 37 heavy (non-hydrogen) atoms. The highest BCUT2D eigenvalue weighted by molar-refractivity contribution is 7.09. The van der Waals surface area contributed by atoms with Crippen LogP contribution in [0.25, 0.3) is 0 Å². The van der Waals surface area contributed by atoms with E-state index in [-0.39, 0.29) is 34.8 Å². The molecule has 5 N–H and O–H groups in total. The Labute approximate surface area is 219 Å². The molecule has 1 atom stereocenters. The van der Waals surface area contributed by atoms with E-state index in [1.54, 1.807) is 38.3 Å². The Morgan fingerprint density at radius 2 is 1.86 bits per heavy atom. The van der Waals surface area contributed by atoms with Crippen molar-refractivity contribution in [1.29, 1.82) is 0 Å². The van der Waals surface area contributed by atoms with E-state index in [1.807, 2.05) is 12.1 Å². The van der Waals surface area contributed by atoms with Gasteiger partial charge >= 0.3 is 0 Å². The van der Waals surface area contributed by atoms with Crippen LogP contribution in [0.3, 0.4) is 0 Å². The number of hydrogen-bond acceptors (Lipinski definition) is 8. The molecule has 0 aliphatic heterocycles. The molecule has 0 saturated heterocycles. The summed E-state index contributed by atoms with van der Waals surface area (Å²) in [5, 5.41) is 3.13. The van der Waals surface area contributed by atoms with Gasteiger partial charge < -0.3 is 30.8 Å². The molecule has 10 nitrogen and oxygen atoms in total. The number of aryl methyl sites for hydroxylation is 1. The van der Waals surface area contributed by atoms with Gasteiger partial charge in [0.15, 0.2) is 11.7 Å². The SMILES string of the molecule is COc1ccc(CN(C(=O)c2snc(C(N)=O)c2N)C(C(=O)NC2CCCCC2)c2ccc(C)o2)cc1. The van der Waals surface area contributed by atoms with Gasteiger partial charge in [0.2, 0.25) is 0 Å². The molecular weight excluding hydrogens is 494 g/mol. The number of benzene rings is 1. The molecule has 2 heterocycles. The van der Waals surface area contributed by atoms with Gasteiger partial charge in [0.25, 0.3) is 17.7 Å². The standard InChI is InChI=1S/C26H31N5O5S/c1-15-8-13-19(36-15)22(25(33)29-17-6-4-3-5-7-17)31(14-16-9-11-18(35-2)12-10-16)26(34)23-20(27)21(24(28)32)30-37-23/h8-13,17,22H,3-7,14,27H2,1-2H3,(H2,28,32)(H,29,33). The van der Waals surface area contributed by atoms with Gasteiger partial charge in [-0.05, 0) is 61.1 Å². The maximum atomic E-state index is 14.0. The first-order valence-electron chi connectivity index (χ1n) is 12.1. The maximum Gasteiger partial charge on any atom is 0.270 e. The Morgan fingerprint density at radius 1 is 1.16 bits per heavy atom. The van der Waals surface area contributed by atoms with Crippen LogP contribution in [0, 0.1) is 6.92 Å². The lowest BCUT2D eigenvalue weighted by Gasteiger charge is -2.32. The molecular formula is C26H31N5O5S. The van der Waals surface area contributed by atoms with Gasteiger partial charge in [0, 0.05) is 12.6 Å². The molecule has 1 unspecified atom stereocenters. The molecule has 2 aromatic heterocycles. The number of aromatic nitrogens is 1. The van der Waals surface area contributed by atoms with Crippen LogP contribution in [0.5, 0.6) is 5.75 Å². The lowest BCUT2D eigenvalue weighted by molar-refractivity contribution is -0.127. The van der Waals surface area contributed by atoms with Crippen molar-refractivity contribution in [3.05, 3.63) is 64.1 Å². The van der Waals surface area contributed by atoms with Gasteiger partial charge in [-0.2, -0.15) is 4.37 Å². The lowest BCUT2D eigenvalue weighted by Crippen LogP contribution is -2.46. The van der Waals surface area contributed by atoms with Crippen molar-refractivity contribution < 1.29 is 23.5 Å². The first kappa shape index (κ1) is 26.2. The minimum Gasteiger partial charge on any atom is -0.497 e. The van der Waals surface area contributed by atoms with Crippen LogP contribution in [0.2, 0.25) is 0 Å². The summed E-state index contributed by atoms with van der Waals surface area (Å²) in [4.78, 5) is 40.9. The van der Waals surface area contributed by atoms with Crippen molar-refractivity contribution in [2.75, 3.05) is 12.8 Å². The molecule has 4 rings (SSSR count). The van der Waals surface area contributed by atoms with Crippen molar-refractivity contribution in [1.82, 2.24) is 14.6 Å². The summed E-state index contributed by atoms with van der Waals surface area (Å²) in [7, 11) is 1.57. The number of amides is 3. The average molecular weight is 526 g/mol. The van der Waals surface area contributed by atoms with Crippen molar-refractivity contribution in [2.45, 2.75) is 57.7 Å². The first-order chi connectivity index (χ1) is 17.8. The number of rotatable bonds is 9. The summed E-state index contributed by atoms with van der Waals surface area (Å²) in [5.74, 6) is -0.144. The third kappa shape index (κ3) is 5.93. The number of furan rings is 1. The number of carbonyl (C=O) groups is 3. The first-order valence-corrected chi connectivity index (χ1v) is 12.9. The van der Waals surface area contributed by atoms with E-state index in [2.05, 4.69) is 9.69 Å². The highest BCUT2D eigenvalue weighted by Gasteiger charge is 2.37. The number of methoxy groups -OCH3 is 1. The van der Waals surface area contributed by atoms with Crippen molar-refractivity contribution in [2.24, 2.45) is 5.73 Å². The Bertz CT molecular complexity index is 1260. The van der Waals surface area contributed by atoms with E-state index in [1.165, 1.54) is 4.90 Å². The molecule has 1 fully saturated rings. The summed E-state index contributed by atoms with van der Waals surface area (Å²) >= 11 is 0.773.